The molecule has 0 spiro atoms. The highest BCUT2D eigenvalue weighted by atomic mass is 16.5. The van der Waals surface area contributed by atoms with Crippen LogP contribution in [0.3, 0.4) is 0 Å². The SMILES string of the molecule is CCN1CCN(c2cccc(OC)c2[C@@H](C)O)CC1. The largest absolute Gasteiger partial charge is 0.496 e. The van der Waals surface area contributed by atoms with Crippen molar-refractivity contribution in [1.29, 1.82) is 0 Å². The molecule has 1 aromatic carbocycles. The van der Waals surface area contributed by atoms with Crippen molar-refractivity contribution in [2.24, 2.45) is 0 Å². The first kappa shape index (κ1) is 14.2. The Morgan fingerprint density at radius 3 is 2.47 bits per heavy atom. The highest BCUT2D eigenvalue weighted by Crippen LogP contribution is 2.34. The van der Waals surface area contributed by atoms with Crippen LogP contribution in [0.1, 0.15) is 25.5 Å². The molecule has 106 valence electrons. The van der Waals surface area contributed by atoms with Crippen LogP contribution in [0.15, 0.2) is 18.2 Å². The molecule has 0 aliphatic carbocycles. The van der Waals surface area contributed by atoms with E-state index in [1.807, 2.05) is 12.1 Å². The quantitative estimate of drug-likeness (QED) is 0.901. The highest BCUT2D eigenvalue weighted by molar-refractivity contribution is 5.60. The Kier molecular flexibility index (Phi) is 4.66. The molecule has 0 radical (unpaired) electrons. The van der Waals surface area contributed by atoms with Crippen molar-refractivity contribution < 1.29 is 9.84 Å². The van der Waals surface area contributed by atoms with Gasteiger partial charge in [-0.1, -0.05) is 13.0 Å². The minimum atomic E-state index is -0.518. The Bertz CT molecular complexity index is 413. The normalized spacial score (nSPS) is 18.4. The van der Waals surface area contributed by atoms with Crippen LogP contribution in [-0.2, 0) is 0 Å². The van der Waals surface area contributed by atoms with E-state index in [-0.39, 0.29) is 0 Å². The average Bonchev–Trinajstić information content (AvgIpc) is 2.46. The topological polar surface area (TPSA) is 35.9 Å². The number of ether oxygens (including phenoxy) is 1. The Morgan fingerprint density at radius 2 is 1.95 bits per heavy atom. The molecule has 0 bridgehead atoms. The summed E-state index contributed by atoms with van der Waals surface area (Å²) in [7, 11) is 1.65. The maximum Gasteiger partial charge on any atom is 0.126 e. The molecule has 0 saturated carbocycles. The van der Waals surface area contributed by atoms with Crippen molar-refractivity contribution in [2.75, 3.05) is 44.7 Å². The number of aliphatic hydroxyl groups is 1. The number of aliphatic hydroxyl groups excluding tert-OH is 1. The van der Waals surface area contributed by atoms with Crippen LogP contribution in [0.2, 0.25) is 0 Å². The Hall–Kier alpha value is -1.26. The van der Waals surface area contributed by atoms with Crippen molar-refractivity contribution in [1.82, 2.24) is 4.90 Å². The summed E-state index contributed by atoms with van der Waals surface area (Å²) < 4.78 is 5.38. The number of piperazine rings is 1. The van der Waals surface area contributed by atoms with Gasteiger partial charge >= 0.3 is 0 Å². The molecule has 1 fully saturated rings. The van der Waals surface area contributed by atoms with Crippen LogP contribution in [0.25, 0.3) is 0 Å². The van der Waals surface area contributed by atoms with Gasteiger partial charge in [-0.25, -0.2) is 0 Å². The van der Waals surface area contributed by atoms with Crippen LogP contribution >= 0.6 is 0 Å². The molecule has 1 aliphatic heterocycles. The monoisotopic (exact) mass is 264 g/mol. The zero-order valence-corrected chi connectivity index (χ0v) is 12.1. The summed E-state index contributed by atoms with van der Waals surface area (Å²) >= 11 is 0. The van der Waals surface area contributed by atoms with Gasteiger partial charge in [-0.2, -0.15) is 0 Å². The molecular weight excluding hydrogens is 240 g/mol. The molecule has 0 aromatic heterocycles. The van der Waals surface area contributed by atoms with E-state index in [4.69, 9.17) is 4.74 Å². The predicted molar refractivity (Wildman–Crippen MR) is 78.0 cm³/mol. The third-order valence-electron chi connectivity index (χ3n) is 3.84. The molecule has 0 unspecified atom stereocenters. The van der Waals surface area contributed by atoms with Crippen molar-refractivity contribution in [3.05, 3.63) is 23.8 Å². The molecule has 1 atom stereocenters. The van der Waals surface area contributed by atoms with Crippen molar-refractivity contribution in [2.45, 2.75) is 20.0 Å². The lowest BCUT2D eigenvalue weighted by atomic mass is 10.0. The Morgan fingerprint density at radius 1 is 1.26 bits per heavy atom. The first-order valence-corrected chi connectivity index (χ1v) is 6.99. The number of benzene rings is 1. The molecule has 1 aliphatic rings. The van der Waals surface area contributed by atoms with Gasteiger partial charge in [-0.15, -0.1) is 0 Å². The summed E-state index contributed by atoms with van der Waals surface area (Å²) in [6.45, 7) is 9.25. The number of likely N-dealkylation sites (N-methyl/N-ethyl adjacent to an activating group) is 1. The zero-order chi connectivity index (χ0) is 13.8. The van der Waals surface area contributed by atoms with Gasteiger partial charge in [0, 0.05) is 37.4 Å². The van der Waals surface area contributed by atoms with E-state index in [2.05, 4.69) is 22.8 Å². The second-order valence-electron chi connectivity index (χ2n) is 4.99. The summed E-state index contributed by atoms with van der Waals surface area (Å²) in [5.74, 6) is 0.769. The summed E-state index contributed by atoms with van der Waals surface area (Å²) in [6, 6.07) is 5.98. The van der Waals surface area contributed by atoms with Crippen molar-refractivity contribution >= 4 is 5.69 Å². The number of rotatable bonds is 4. The minimum Gasteiger partial charge on any atom is -0.496 e. The first-order valence-electron chi connectivity index (χ1n) is 6.99. The lowest BCUT2D eigenvalue weighted by Gasteiger charge is -2.37. The van der Waals surface area contributed by atoms with Gasteiger partial charge in [0.2, 0.25) is 0 Å². The fraction of sp³-hybridized carbons (Fsp3) is 0.600. The summed E-state index contributed by atoms with van der Waals surface area (Å²) in [5.41, 5.74) is 2.00. The molecule has 19 heavy (non-hydrogen) atoms. The van der Waals surface area contributed by atoms with E-state index in [0.717, 1.165) is 49.7 Å². The van der Waals surface area contributed by atoms with E-state index in [1.54, 1.807) is 14.0 Å². The fourth-order valence-corrected chi connectivity index (χ4v) is 2.71. The zero-order valence-electron chi connectivity index (χ0n) is 12.1. The third kappa shape index (κ3) is 3.01. The number of methoxy groups -OCH3 is 1. The smallest absolute Gasteiger partial charge is 0.126 e. The molecular formula is C15H24N2O2. The first-order chi connectivity index (χ1) is 9.17. The molecule has 4 nitrogen and oxygen atoms in total. The maximum atomic E-state index is 10.0. The van der Waals surface area contributed by atoms with Crippen LogP contribution in [0, 0.1) is 0 Å². The van der Waals surface area contributed by atoms with Gasteiger partial charge in [-0.05, 0) is 25.6 Å². The second kappa shape index (κ2) is 6.26. The highest BCUT2D eigenvalue weighted by Gasteiger charge is 2.22. The van der Waals surface area contributed by atoms with Crippen LogP contribution in [0.5, 0.6) is 5.75 Å². The molecule has 0 amide bonds. The second-order valence-corrected chi connectivity index (χ2v) is 4.99. The molecule has 2 rings (SSSR count). The fourth-order valence-electron chi connectivity index (χ4n) is 2.71. The lowest BCUT2D eigenvalue weighted by Crippen LogP contribution is -2.46. The van der Waals surface area contributed by atoms with Gasteiger partial charge < -0.3 is 19.6 Å². The molecule has 1 aromatic rings. The van der Waals surface area contributed by atoms with Crippen molar-refractivity contribution in [3.63, 3.8) is 0 Å². The van der Waals surface area contributed by atoms with Gasteiger partial charge in [0.1, 0.15) is 5.75 Å². The summed E-state index contributed by atoms with van der Waals surface area (Å²) in [5, 5.41) is 10.0. The molecule has 1 saturated heterocycles. The Labute approximate surface area is 115 Å². The predicted octanol–water partition coefficient (Wildman–Crippen LogP) is 1.89. The number of hydrogen-bond acceptors (Lipinski definition) is 4. The summed E-state index contributed by atoms with van der Waals surface area (Å²) in [4.78, 5) is 4.79. The Balaban J connectivity index is 2.25. The standard InChI is InChI=1S/C15H24N2O2/c1-4-16-8-10-17(11-9-16)13-6-5-7-14(19-3)15(13)12(2)18/h5-7,12,18H,4,8-11H2,1-3H3/t12-/m1/s1. The van der Waals surface area contributed by atoms with E-state index < -0.39 is 6.10 Å². The van der Waals surface area contributed by atoms with E-state index in [0.29, 0.717) is 0 Å². The minimum absolute atomic E-state index is 0.518. The van der Waals surface area contributed by atoms with Crippen LogP contribution < -0.4 is 9.64 Å². The number of anilines is 1. The summed E-state index contributed by atoms with van der Waals surface area (Å²) in [6.07, 6.45) is -0.518. The van der Waals surface area contributed by atoms with Gasteiger partial charge in [0.05, 0.1) is 13.2 Å². The van der Waals surface area contributed by atoms with Crippen LogP contribution in [0.4, 0.5) is 5.69 Å². The van der Waals surface area contributed by atoms with Gasteiger partial charge in [0.25, 0.3) is 0 Å². The average molecular weight is 264 g/mol. The van der Waals surface area contributed by atoms with Gasteiger partial charge in [0.15, 0.2) is 0 Å². The number of nitrogens with zero attached hydrogens (tertiary/aromatic N) is 2. The van der Waals surface area contributed by atoms with Crippen molar-refractivity contribution in [3.8, 4) is 5.75 Å². The van der Waals surface area contributed by atoms with E-state index in [1.165, 1.54) is 0 Å². The third-order valence-corrected chi connectivity index (χ3v) is 3.84. The maximum absolute atomic E-state index is 10.0. The molecule has 4 heteroatoms. The number of hydrogen-bond donors (Lipinski definition) is 1. The van der Waals surface area contributed by atoms with E-state index in [9.17, 15) is 5.11 Å². The van der Waals surface area contributed by atoms with Crippen LogP contribution in [-0.4, -0.2) is 49.8 Å². The molecule has 1 N–H and O–H groups in total. The molecule has 1 heterocycles. The van der Waals surface area contributed by atoms with Gasteiger partial charge in [-0.3, -0.25) is 0 Å². The lowest BCUT2D eigenvalue weighted by molar-refractivity contribution is 0.194. The van der Waals surface area contributed by atoms with E-state index >= 15 is 0 Å².